The van der Waals surface area contributed by atoms with Crippen LogP contribution in [0.15, 0.2) is 28.7 Å². The number of carbonyl (C=O) groups is 1. The van der Waals surface area contributed by atoms with Gasteiger partial charge in [-0.3, -0.25) is 10.1 Å². The van der Waals surface area contributed by atoms with E-state index in [4.69, 9.17) is 9.47 Å². The molecule has 2 N–H and O–H groups in total. The summed E-state index contributed by atoms with van der Waals surface area (Å²) >= 11 is 3.33. The highest BCUT2D eigenvalue weighted by atomic mass is 79.9. The third-order valence-corrected chi connectivity index (χ3v) is 3.00. The highest BCUT2D eigenvalue weighted by Crippen LogP contribution is 2.17. The van der Waals surface area contributed by atoms with E-state index in [1.54, 1.807) is 19.1 Å². The van der Waals surface area contributed by atoms with Crippen LogP contribution in [0.4, 0.5) is 5.95 Å². The molecule has 0 spiro atoms. The molecule has 8 heteroatoms. The van der Waals surface area contributed by atoms with Crippen molar-refractivity contribution >= 4 is 27.8 Å². The average molecular weight is 355 g/mol. The van der Waals surface area contributed by atoms with E-state index in [1.165, 1.54) is 0 Å². The molecule has 0 aliphatic heterocycles. The van der Waals surface area contributed by atoms with E-state index in [0.29, 0.717) is 12.4 Å². The van der Waals surface area contributed by atoms with Crippen molar-refractivity contribution in [2.75, 3.05) is 11.9 Å². The van der Waals surface area contributed by atoms with Gasteiger partial charge in [-0.1, -0.05) is 15.9 Å². The normalized spacial score (nSPS) is 11.8. The van der Waals surface area contributed by atoms with Crippen LogP contribution >= 0.6 is 15.9 Å². The van der Waals surface area contributed by atoms with Crippen LogP contribution in [0.3, 0.4) is 0 Å². The Morgan fingerprint density at radius 3 is 2.81 bits per heavy atom. The van der Waals surface area contributed by atoms with Crippen LogP contribution in [0.1, 0.15) is 13.8 Å². The minimum Gasteiger partial charge on any atom is -0.481 e. The molecule has 21 heavy (non-hydrogen) atoms. The Hall–Kier alpha value is -2.09. The molecule has 2 rings (SSSR count). The minimum atomic E-state index is -0.674. The monoisotopic (exact) mass is 354 g/mol. The van der Waals surface area contributed by atoms with Gasteiger partial charge in [-0.05, 0) is 38.1 Å². The first-order valence-corrected chi connectivity index (χ1v) is 7.16. The molecule has 0 aliphatic rings. The smallest absolute Gasteiger partial charge is 0.337 e. The van der Waals surface area contributed by atoms with Crippen molar-refractivity contribution in [3.05, 3.63) is 28.7 Å². The quantitative estimate of drug-likeness (QED) is 0.831. The van der Waals surface area contributed by atoms with Gasteiger partial charge in [-0.2, -0.15) is 4.98 Å². The van der Waals surface area contributed by atoms with Gasteiger partial charge in [0.2, 0.25) is 5.95 Å². The summed E-state index contributed by atoms with van der Waals surface area (Å²) in [7, 11) is 0. The zero-order chi connectivity index (χ0) is 15.2. The maximum atomic E-state index is 12.0. The first-order chi connectivity index (χ1) is 10.1. The molecular formula is C13H15BrN4O3. The molecule has 1 heterocycles. The van der Waals surface area contributed by atoms with E-state index in [-0.39, 0.29) is 17.9 Å². The standard InChI is InChI=1S/C13H15BrN4O3/c1-3-20-13-16-12(17-18-13)15-11(19)8(2)21-10-6-4-9(14)5-7-10/h4-8H,3H2,1-2H3,(H2,15,16,17,18,19). The van der Waals surface area contributed by atoms with Gasteiger partial charge in [0.05, 0.1) is 6.61 Å². The Bertz CT molecular complexity index is 600. The molecule has 1 atom stereocenters. The number of aromatic amines is 1. The van der Waals surface area contributed by atoms with Crippen LogP contribution in [0.25, 0.3) is 0 Å². The Morgan fingerprint density at radius 1 is 1.43 bits per heavy atom. The van der Waals surface area contributed by atoms with E-state index >= 15 is 0 Å². The molecule has 0 saturated carbocycles. The summed E-state index contributed by atoms with van der Waals surface area (Å²) in [6.07, 6.45) is -0.674. The number of hydrogen-bond donors (Lipinski definition) is 2. The molecule has 0 fully saturated rings. The van der Waals surface area contributed by atoms with Crippen molar-refractivity contribution in [1.29, 1.82) is 0 Å². The largest absolute Gasteiger partial charge is 0.481 e. The molecule has 1 unspecified atom stereocenters. The van der Waals surface area contributed by atoms with Gasteiger partial charge in [0.25, 0.3) is 5.91 Å². The number of nitrogens with zero attached hydrogens (tertiary/aromatic N) is 2. The highest BCUT2D eigenvalue weighted by molar-refractivity contribution is 9.10. The summed E-state index contributed by atoms with van der Waals surface area (Å²) in [5.41, 5.74) is 0. The van der Waals surface area contributed by atoms with Gasteiger partial charge in [-0.25, -0.2) is 5.10 Å². The Labute approximate surface area is 130 Å². The lowest BCUT2D eigenvalue weighted by atomic mass is 10.3. The lowest BCUT2D eigenvalue weighted by molar-refractivity contribution is -0.122. The molecule has 7 nitrogen and oxygen atoms in total. The lowest BCUT2D eigenvalue weighted by Crippen LogP contribution is -2.30. The van der Waals surface area contributed by atoms with Gasteiger partial charge in [0.1, 0.15) is 5.75 Å². The van der Waals surface area contributed by atoms with Crippen molar-refractivity contribution in [2.45, 2.75) is 20.0 Å². The predicted octanol–water partition coefficient (Wildman–Crippen LogP) is 2.37. The number of rotatable bonds is 6. The molecule has 0 saturated heterocycles. The van der Waals surface area contributed by atoms with Gasteiger partial charge >= 0.3 is 6.01 Å². The number of hydrogen-bond acceptors (Lipinski definition) is 5. The van der Waals surface area contributed by atoms with Crippen LogP contribution in [0.2, 0.25) is 0 Å². The molecule has 2 aromatic rings. The SMILES string of the molecule is CCOc1n[nH]c(NC(=O)C(C)Oc2ccc(Br)cc2)n1. The number of halogens is 1. The Kier molecular flexibility index (Phi) is 5.15. The van der Waals surface area contributed by atoms with E-state index in [9.17, 15) is 4.79 Å². The number of aromatic nitrogens is 3. The van der Waals surface area contributed by atoms with Crippen molar-refractivity contribution in [2.24, 2.45) is 0 Å². The van der Waals surface area contributed by atoms with Crippen LogP contribution in [0, 0.1) is 0 Å². The van der Waals surface area contributed by atoms with E-state index in [1.807, 2.05) is 19.1 Å². The number of benzene rings is 1. The molecule has 0 aliphatic carbocycles. The fourth-order valence-electron chi connectivity index (χ4n) is 1.49. The molecule has 1 aromatic carbocycles. The summed E-state index contributed by atoms with van der Waals surface area (Å²) in [6.45, 7) is 3.92. The first kappa shape index (κ1) is 15.3. The van der Waals surface area contributed by atoms with Crippen molar-refractivity contribution in [3.8, 4) is 11.8 Å². The van der Waals surface area contributed by atoms with Gasteiger partial charge in [0, 0.05) is 4.47 Å². The molecular weight excluding hydrogens is 340 g/mol. The van der Waals surface area contributed by atoms with Gasteiger partial charge < -0.3 is 9.47 Å². The summed E-state index contributed by atoms with van der Waals surface area (Å²) in [5, 5.41) is 8.93. The average Bonchev–Trinajstić information content (AvgIpc) is 2.89. The first-order valence-electron chi connectivity index (χ1n) is 6.36. The second kappa shape index (κ2) is 7.07. The zero-order valence-electron chi connectivity index (χ0n) is 11.6. The highest BCUT2D eigenvalue weighted by Gasteiger charge is 2.16. The number of H-pyrrole nitrogens is 1. The maximum Gasteiger partial charge on any atom is 0.337 e. The number of ether oxygens (including phenoxy) is 2. The second-order valence-electron chi connectivity index (χ2n) is 4.10. The van der Waals surface area contributed by atoms with E-state index in [2.05, 4.69) is 36.4 Å². The van der Waals surface area contributed by atoms with Crippen LogP contribution in [-0.4, -0.2) is 33.8 Å². The number of amides is 1. The van der Waals surface area contributed by atoms with Crippen molar-refractivity contribution in [1.82, 2.24) is 15.2 Å². The van der Waals surface area contributed by atoms with Crippen LogP contribution in [-0.2, 0) is 4.79 Å². The Balaban J connectivity index is 1.90. The fraction of sp³-hybridized carbons (Fsp3) is 0.308. The van der Waals surface area contributed by atoms with Crippen molar-refractivity contribution < 1.29 is 14.3 Å². The lowest BCUT2D eigenvalue weighted by Gasteiger charge is -2.13. The fourth-order valence-corrected chi connectivity index (χ4v) is 1.75. The topological polar surface area (TPSA) is 89.1 Å². The maximum absolute atomic E-state index is 12.0. The van der Waals surface area contributed by atoms with Crippen LogP contribution < -0.4 is 14.8 Å². The number of carbonyl (C=O) groups excluding carboxylic acids is 1. The summed E-state index contributed by atoms with van der Waals surface area (Å²) in [6, 6.07) is 7.41. The minimum absolute atomic E-state index is 0.189. The third-order valence-electron chi connectivity index (χ3n) is 2.48. The van der Waals surface area contributed by atoms with Crippen LogP contribution in [0.5, 0.6) is 11.8 Å². The molecule has 1 amide bonds. The molecule has 0 radical (unpaired) electrons. The summed E-state index contributed by atoms with van der Waals surface area (Å²) in [4.78, 5) is 15.9. The number of anilines is 1. The summed E-state index contributed by atoms with van der Waals surface area (Å²) in [5.74, 6) is 0.486. The van der Waals surface area contributed by atoms with Crippen molar-refractivity contribution in [3.63, 3.8) is 0 Å². The Morgan fingerprint density at radius 2 is 2.14 bits per heavy atom. The molecule has 112 valence electrons. The van der Waals surface area contributed by atoms with E-state index < -0.39 is 6.10 Å². The number of nitrogens with one attached hydrogen (secondary N) is 2. The predicted molar refractivity (Wildman–Crippen MR) is 80.4 cm³/mol. The summed E-state index contributed by atoms with van der Waals surface area (Å²) < 4.78 is 11.6. The zero-order valence-corrected chi connectivity index (χ0v) is 13.2. The molecule has 1 aromatic heterocycles. The van der Waals surface area contributed by atoms with Gasteiger partial charge in [0.15, 0.2) is 6.10 Å². The molecule has 0 bridgehead atoms. The second-order valence-corrected chi connectivity index (χ2v) is 5.02. The van der Waals surface area contributed by atoms with E-state index in [0.717, 1.165) is 4.47 Å². The third kappa shape index (κ3) is 4.45. The van der Waals surface area contributed by atoms with Gasteiger partial charge in [-0.15, -0.1) is 5.10 Å².